The molecular weight excluding hydrogens is 785 g/mol. The summed E-state index contributed by atoms with van der Waals surface area (Å²) >= 11 is 0. The van der Waals surface area contributed by atoms with Crippen molar-refractivity contribution in [1.82, 2.24) is 0 Å². The fourth-order valence-electron chi connectivity index (χ4n) is 11.1. The third kappa shape index (κ3) is 6.87. The molecule has 0 bridgehead atoms. The molecule has 0 saturated heterocycles. The van der Waals surface area contributed by atoms with E-state index in [0.29, 0.717) is 6.61 Å². The van der Waals surface area contributed by atoms with Crippen LogP contribution in [0.25, 0.3) is 33.5 Å². The molecule has 1 spiro atoms. The highest BCUT2D eigenvalue weighted by molar-refractivity contribution is 6.10. The first-order valence-corrected chi connectivity index (χ1v) is 22.8. The molecule has 1 heterocycles. The molecule has 4 nitrogen and oxygen atoms in total. The van der Waals surface area contributed by atoms with Crippen LogP contribution in [0.3, 0.4) is 0 Å². The van der Waals surface area contributed by atoms with Crippen molar-refractivity contribution >= 4 is 22.4 Å². The molecule has 0 radical (unpaired) electrons. The highest BCUT2D eigenvalue weighted by Gasteiger charge is 2.53. The van der Waals surface area contributed by atoms with Gasteiger partial charge < -0.3 is 18.9 Å². The van der Waals surface area contributed by atoms with Gasteiger partial charge in [0.2, 0.25) is 0 Å². The first-order chi connectivity index (χ1) is 31.5. The van der Waals surface area contributed by atoms with Gasteiger partial charge in [-0.2, -0.15) is 0 Å². The third-order valence-corrected chi connectivity index (χ3v) is 14.1. The molecule has 2 aliphatic carbocycles. The average Bonchev–Trinajstić information content (AvgIpc) is 3.66. The summed E-state index contributed by atoms with van der Waals surface area (Å²) in [6.07, 6.45) is 15.0. The van der Waals surface area contributed by atoms with Crippen LogP contribution in [0, 0.1) is 0 Å². The Bertz CT molecular complexity index is 2810. The summed E-state index contributed by atoms with van der Waals surface area (Å²) in [6.45, 7) is 6.61. The maximum Gasteiger partial charge on any atom is 0.178 e. The molecule has 0 aromatic heterocycles. The highest BCUT2D eigenvalue weighted by Crippen LogP contribution is 2.65. The smallest absolute Gasteiger partial charge is 0.178 e. The number of hydrogen-bond donors (Lipinski definition) is 0. The monoisotopic (exact) mass is 842 g/mol. The first-order valence-electron chi connectivity index (χ1n) is 22.8. The van der Waals surface area contributed by atoms with Crippen LogP contribution in [0.1, 0.15) is 91.0 Å². The number of ether oxygens (including phenoxy) is 4. The zero-order chi connectivity index (χ0) is 44.3. The molecule has 322 valence electrons. The zero-order valence-corrected chi connectivity index (χ0v) is 38.0. The number of allylic oxidation sites excluding steroid dienone is 3. The average molecular weight is 843 g/mol. The van der Waals surface area contributed by atoms with Crippen LogP contribution >= 0.6 is 0 Å². The molecule has 10 rings (SSSR count). The fraction of sp³-hybridized carbons (Fsp3) is 0.233. The second-order valence-corrected chi connectivity index (χ2v) is 16.9. The third-order valence-electron chi connectivity index (χ3n) is 14.1. The van der Waals surface area contributed by atoms with E-state index in [0.717, 1.165) is 81.5 Å². The van der Waals surface area contributed by atoms with Crippen LogP contribution in [0.15, 0.2) is 176 Å². The van der Waals surface area contributed by atoms with E-state index >= 15 is 0 Å². The van der Waals surface area contributed by atoms with Crippen molar-refractivity contribution in [3.63, 3.8) is 0 Å². The molecule has 7 aromatic rings. The van der Waals surface area contributed by atoms with Gasteiger partial charge in [0.15, 0.2) is 5.60 Å². The molecule has 3 aliphatic rings. The van der Waals surface area contributed by atoms with E-state index in [9.17, 15) is 0 Å². The summed E-state index contributed by atoms with van der Waals surface area (Å²) in [5.41, 5.74) is 12.2. The van der Waals surface area contributed by atoms with E-state index in [1.54, 1.807) is 21.3 Å². The Labute approximate surface area is 379 Å². The highest BCUT2D eigenvalue weighted by atomic mass is 16.5. The van der Waals surface area contributed by atoms with Crippen LogP contribution in [0.5, 0.6) is 17.2 Å². The van der Waals surface area contributed by atoms with Crippen molar-refractivity contribution in [3.8, 4) is 28.4 Å². The second-order valence-electron chi connectivity index (χ2n) is 16.9. The normalized spacial score (nSPS) is 17.8. The number of fused-ring (bicyclic) bond motifs is 10. The van der Waals surface area contributed by atoms with Crippen LogP contribution in [-0.2, 0) is 21.2 Å². The van der Waals surface area contributed by atoms with Gasteiger partial charge in [-0.05, 0) is 107 Å². The quantitative estimate of drug-likeness (QED) is 0.129. The molecule has 1 atom stereocenters. The van der Waals surface area contributed by atoms with Gasteiger partial charge in [0, 0.05) is 45.6 Å². The molecule has 1 unspecified atom stereocenters. The van der Waals surface area contributed by atoms with Crippen LogP contribution in [0.2, 0.25) is 0 Å². The minimum absolute atomic E-state index is 0.110. The minimum atomic E-state index is -0.911. The summed E-state index contributed by atoms with van der Waals surface area (Å²) in [4.78, 5) is 0. The Morgan fingerprint density at radius 3 is 1.80 bits per heavy atom. The number of benzene rings is 7. The second kappa shape index (κ2) is 17.9. The lowest BCUT2D eigenvalue weighted by molar-refractivity contribution is 0.162. The van der Waals surface area contributed by atoms with E-state index in [2.05, 4.69) is 177 Å². The molecule has 4 heteroatoms. The zero-order valence-electron chi connectivity index (χ0n) is 38.0. The lowest BCUT2D eigenvalue weighted by Crippen LogP contribution is -2.41. The summed E-state index contributed by atoms with van der Waals surface area (Å²) < 4.78 is 25.1. The predicted octanol–water partition coefficient (Wildman–Crippen LogP) is 14.7. The molecule has 1 aliphatic heterocycles. The topological polar surface area (TPSA) is 36.9 Å². The van der Waals surface area contributed by atoms with Crippen LogP contribution in [-0.4, -0.2) is 27.9 Å². The molecule has 64 heavy (non-hydrogen) atoms. The Hall–Kier alpha value is -6.62. The minimum Gasteiger partial charge on any atom is -0.497 e. The lowest BCUT2D eigenvalue weighted by atomic mass is 9.56. The van der Waals surface area contributed by atoms with Gasteiger partial charge in [-0.25, -0.2) is 0 Å². The van der Waals surface area contributed by atoms with E-state index in [-0.39, 0.29) is 10.8 Å². The van der Waals surface area contributed by atoms with E-state index in [1.807, 2.05) is 26.0 Å². The van der Waals surface area contributed by atoms with Gasteiger partial charge >= 0.3 is 0 Å². The van der Waals surface area contributed by atoms with Gasteiger partial charge in [-0.15, -0.1) is 0 Å². The van der Waals surface area contributed by atoms with Crippen molar-refractivity contribution in [3.05, 3.63) is 220 Å². The molecule has 0 amide bonds. The van der Waals surface area contributed by atoms with Gasteiger partial charge in [0.05, 0.1) is 20.8 Å². The Kier molecular flexibility index (Phi) is 11.9. The van der Waals surface area contributed by atoms with E-state index in [1.165, 1.54) is 33.4 Å². The van der Waals surface area contributed by atoms with Gasteiger partial charge in [-0.3, -0.25) is 0 Å². The number of rotatable bonds is 10. The number of methoxy groups -OCH3 is 3. The molecule has 7 aromatic carbocycles. The predicted molar refractivity (Wildman–Crippen MR) is 265 cm³/mol. The Morgan fingerprint density at radius 1 is 0.625 bits per heavy atom. The summed E-state index contributed by atoms with van der Waals surface area (Å²) in [7, 11) is 5.20. The number of hydrogen-bond acceptors (Lipinski definition) is 4. The van der Waals surface area contributed by atoms with Gasteiger partial charge in [0.25, 0.3) is 0 Å². The van der Waals surface area contributed by atoms with Crippen LogP contribution in [0.4, 0.5) is 0 Å². The van der Waals surface area contributed by atoms with E-state index in [4.69, 9.17) is 18.9 Å². The van der Waals surface area contributed by atoms with Gasteiger partial charge in [0.1, 0.15) is 17.2 Å². The lowest BCUT2D eigenvalue weighted by Gasteiger charge is -2.48. The van der Waals surface area contributed by atoms with Gasteiger partial charge in [-0.1, -0.05) is 166 Å². The van der Waals surface area contributed by atoms with Crippen molar-refractivity contribution in [2.24, 2.45) is 0 Å². The molecule has 1 fully saturated rings. The Balaban J connectivity index is 0.00000256. The van der Waals surface area contributed by atoms with Crippen molar-refractivity contribution in [2.45, 2.75) is 62.9 Å². The fourth-order valence-corrected chi connectivity index (χ4v) is 11.1. The summed E-state index contributed by atoms with van der Waals surface area (Å²) in [5.74, 6) is 2.46. The van der Waals surface area contributed by atoms with Crippen molar-refractivity contribution < 1.29 is 18.9 Å². The van der Waals surface area contributed by atoms with Crippen molar-refractivity contribution in [2.75, 3.05) is 27.9 Å². The standard InChI is InChI=1S/C58H52O4.C2H6/c1-5-40(18-17-37-59-2)48-38-49-50(39-52(48)61-4)55-47(31-32-58(62-55,43-23-13-8-14-24-43)44-27-29-45(60-3)30-28-44)54-53(49)46-25-15-16-26-51(46)57(54)35-33-56(34-36-57,41-19-9-6-10-20-41)42-21-11-7-12-22-42;1-2/h5-32,38-39H,33-37H2,1-4H3;1-2H3/b18-17-,40-5+;. The molecule has 1 saturated carbocycles. The maximum atomic E-state index is 7.79. The molecular formula is C60H58O4. The van der Waals surface area contributed by atoms with Crippen molar-refractivity contribution in [1.29, 1.82) is 0 Å². The first kappa shape index (κ1) is 42.7. The summed E-state index contributed by atoms with van der Waals surface area (Å²) in [5, 5.41) is 2.19. The Morgan fingerprint density at radius 2 is 1.20 bits per heavy atom. The molecule has 0 N–H and O–H groups in total. The summed E-state index contributed by atoms with van der Waals surface area (Å²) in [6, 6.07) is 55.1. The van der Waals surface area contributed by atoms with E-state index < -0.39 is 5.60 Å². The largest absolute Gasteiger partial charge is 0.497 e. The SMILES string of the molecule is C/C=C(\C=C/COC)c1cc2c3c(c4c(c2cc1OC)OC(c1ccccc1)(c1ccc(OC)cc1)C=C4)C1(CCC(c2ccccc2)(c2ccccc2)CC1)c1ccccc1-3.CC. The van der Waals surface area contributed by atoms with Crippen LogP contribution < -0.4 is 14.2 Å². The maximum absolute atomic E-state index is 7.79.